The SMILES string of the molecule is Cc1cc(N)ccc1SCCc1ccccc1. The van der Waals surface area contributed by atoms with E-state index in [0.717, 1.165) is 17.9 Å². The van der Waals surface area contributed by atoms with Crippen molar-refractivity contribution in [3.8, 4) is 0 Å². The fourth-order valence-electron chi connectivity index (χ4n) is 1.76. The summed E-state index contributed by atoms with van der Waals surface area (Å²) in [6, 6.07) is 16.7. The first kappa shape index (κ1) is 12.1. The Balaban J connectivity index is 1.90. The number of hydrogen-bond acceptors (Lipinski definition) is 2. The molecule has 88 valence electrons. The van der Waals surface area contributed by atoms with Crippen molar-refractivity contribution in [2.75, 3.05) is 11.5 Å². The molecule has 0 aromatic heterocycles. The zero-order chi connectivity index (χ0) is 12.1. The third kappa shape index (κ3) is 3.53. The Morgan fingerprint density at radius 1 is 1.06 bits per heavy atom. The number of aryl methyl sites for hydroxylation is 2. The van der Waals surface area contributed by atoms with Gasteiger partial charge in [-0.1, -0.05) is 30.3 Å². The molecule has 0 bridgehead atoms. The summed E-state index contributed by atoms with van der Waals surface area (Å²) in [5.41, 5.74) is 9.24. The standard InChI is InChI=1S/C15H17NS/c1-12-11-14(16)7-8-15(12)17-10-9-13-5-3-2-4-6-13/h2-8,11H,9-10,16H2,1H3. The highest BCUT2D eigenvalue weighted by Crippen LogP contribution is 2.24. The van der Waals surface area contributed by atoms with E-state index in [-0.39, 0.29) is 0 Å². The molecule has 2 heteroatoms. The van der Waals surface area contributed by atoms with Crippen molar-refractivity contribution in [1.29, 1.82) is 0 Å². The summed E-state index contributed by atoms with van der Waals surface area (Å²) in [4.78, 5) is 1.33. The maximum absolute atomic E-state index is 5.74. The fraction of sp³-hybridized carbons (Fsp3) is 0.200. The van der Waals surface area contributed by atoms with Crippen molar-refractivity contribution < 1.29 is 0 Å². The van der Waals surface area contributed by atoms with Crippen molar-refractivity contribution in [2.45, 2.75) is 18.2 Å². The topological polar surface area (TPSA) is 26.0 Å². The zero-order valence-electron chi connectivity index (χ0n) is 10.0. The molecule has 2 N–H and O–H groups in total. The molecule has 2 aromatic carbocycles. The van der Waals surface area contributed by atoms with Crippen molar-refractivity contribution in [2.24, 2.45) is 0 Å². The molecule has 0 atom stereocenters. The lowest BCUT2D eigenvalue weighted by molar-refractivity contribution is 1.15. The molecule has 0 unspecified atom stereocenters. The molecule has 0 radical (unpaired) electrons. The van der Waals surface area contributed by atoms with Crippen molar-refractivity contribution in [3.63, 3.8) is 0 Å². The van der Waals surface area contributed by atoms with Crippen LogP contribution in [0.3, 0.4) is 0 Å². The van der Waals surface area contributed by atoms with E-state index in [2.05, 4.69) is 43.3 Å². The van der Waals surface area contributed by atoms with Crippen LogP contribution < -0.4 is 5.73 Å². The summed E-state index contributed by atoms with van der Waals surface area (Å²) < 4.78 is 0. The minimum Gasteiger partial charge on any atom is -0.399 e. The van der Waals surface area contributed by atoms with Gasteiger partial charge in [0.2, 0.25) is 0 Å². The van der Waals surface area contributed by atoms with Gasteiger partial charge in [0.15, 0.2) is 0 Å². The van der Waals surface area contributed by atoms with Crippen molar-refractivity contribution >= 4 is 17.4 Å². The van der Waals surface area contributed by atoms with E-state index in [4.69, 9.17) is 5.73 Å². The number of nitrogens with two attached hydrogens (primary N) is 1. The highest BCUT2D eigenvalue weighted by atomic mass is 32.2. The van der Waals surface area contributed by atoms with Gasteiger partial charge in [-0.25, -0.2) is 0 Å². The second-order valence-electron chi connectivity index (χ2n) is 4.11. The summed E-state index contributed by atoms with van der Waals surface area (Å²) >= 11 is 1.90. The van der Waals surface area contributed by atoms with Crippen molar-refractivity contribution in [3.05, 3.63) is 59.7 Å². The normalized spacial score (nSPS) is 10.4. The van der Waals surface area contributed by atoms with Crippen molar-refractivity contribution in [1.82, 2.24) is 0 Å². The number of hydrogen-bond donors (Lipinski definition) is 1. The Morgan fingerprint density at radius 2 is 1.82 bits per heavy atom. The molecular weight excluding hydrogens is 226 g/mol. The van der Waals surface area contributed by atoms with Gasteiger partial charge < -0.3 is 5.73 Å². The first-order chi connectivity index (χ1) is 8.25. The fourth-order valence-corrected chi connectivity index (χ4v) is 2.77. The lowest BCUT2D eigenvalue weighted by Crippen LogP contribution is -1.90. The van der Waals surface area contributed by atoms with Crippen LogP contribution in [0.1, 0.15) is 11.1 Å². The van der Waals surface area contributed by atoms with Gasteiger partial charge in [0.05, 0.1) is 0 Å². The van der Waals surface area contributed by atoms with Gasteiger partial charge in [-0.15, -0.1) is 11.8 Å². The Labute approximate surface area is 107 Å². The molecule has 17 heavy (non-hydrogen) atoms. The molecule has 0 saturated carbocycles. The molecule has 0 spiro atoms. The van der Waals surface area contributed by atoms with E-state index in [1.54, 1.807) is 0 Å². The van der Waals surface area contributed by atoms with E-state index in [0.29, 0.717) is 0 Å². The number of nitrogen functional groups attached to an aromatic ring is 1. The van der Waals surface area contributed by atoms with Gasteiger partial charge in [0.1, 0.15) is 0 Å². The van der Waals surface area contributed by atoms with Crippen LogP contribution in [0, 0.1) is 6.92 Å². The van der Waals surface area contributed by atoms with Crippen LogP contribution in [0.15, 0.2) is 53.4 Å². The smallest absolute Gasteiger partial charge is 0.0317 e. The van der Waals surface area contributed by atoms with Crippen LogP contribution in [0.4, 0.5) is 5.69 Å². The van der Waals surface area contributed by atoms with Gasteiger partial charge in [0.25, 0.3) is 0 Å². The van der Waals surface area contributed by atoms with Crippen LogP contribution in [-0.2, 0) is 6.42 Å². The molecule has 0 aliphatic heterocycles. The minimum absolute atomic E-state index is 0.843. The quantitative estimate of drug-likeness (QED) is 0.651. The second-order valence-corrected chi connectivity index (χ2v) is 5.25. The Morgan fingerprint density at radius 3 is 2.53 bits per heavy atom. The molecular formula is C15H17NS. The Bertz CT molecular complexity index is 480. The first-order valence-electron chi connectivity index (χ1n) is 5.78. The van der Waals surface area contributed by atoms with Gasteiger partial charge in [-0.2, -0.15) is 0 Å². The van der Waals surface area contributed by atoms with Gasteiger partial charge >= 0.3 is 0 Å². The molecule has 0 aliphatic carbocycles. The molecule has 0 amide bonds. The van der Waals surface area contributed by atoms with Gasteiger partial charge in [-0.05, 0) is 42.7 Å². The highest BCUT2D eigenvalue weighted by Gasteiger charge is 2.00. The average Bonchev–Trinajstić information content (AvgIpc) is 2.33. The maximum atomic E-state index is 5.74. The molecule has 2 rings (SSSR count). The zero-order valence-corrected chi connectivity index (χ0v) is 10.8. The minimum atomic E-state index is 0.843. The predicted octanol–water partition coefficient (Wildman–Crippen LogP) is 3.91. The summed E-state index contributed by atoms with van der Waals surface area (Å²) in [5, 5.41) is 0. The van der Waals surface area contributed by atoms with E-state index in [1.807, 2.05) is 23.9 Å². The number of rotatable bonds is 4. The predicted molar refractivity (Wildman–Crippen MR) is 76.5 cm³/mol. The van der Waals surface area contributed by atoms with E-state index in [1.165, 1.54) is 16.0 Å². The van der Waals surface area contributed by atoms with E-state index >= 15 is 0 Å². The van der Waals surface area contributed by atoms with Crippen LogP contribution in [0.2, 0.25) is 0 Å². The summed E-state index contributed by atoms with van der Waals surface area (Å²) in [6.07, 6.45) is 1.11. The van der Waals surface area contributed by atoms with E-state index < -0.39 is 0 Å². The number of thioether (sulfide) groups is 1. The summed E-state index contributed by atoms with van der Waals surface area (Å²) in [7, 11) is 0. The van der Waals surface area contributed by atoms with Crippen LogP contribution in [0.25, 0.3) is 0 Å². The molecule has 0 fully saturated rings. The van der Waals surface area contributed by atoms with Crippen LogP contribution >= 0.6 is 11.8 Å². The molecule has 0 saturated heterocycles. The lowest BCUT2D eigenvalue weighted by Gasteiger charge is -2.06. The largest absolute Gasteiger partial charge is 0.399 e. The van der Waals surface area contributed by atoms with Crippen LogP contribution in [-0.4, -0.2) is 5.75 Å². The summed E-state index contributed by atoms with van der Waals surface area (Å²) in [5.74, 6) is 1.11. The number of anilines is 1. The summed E-state index contributed by atoms with van der Waals surface area (Å²) in [6.45, 7) is 2.11. The third-order valence-corrected chi connectivity index (χ3v) is 3.87. The highest BCUT2D eigenvalue weighted by molar-refractivity contribution is 7.99. The number of benzene rings is 2. The average molecular weight is 243 g/mol. The Kier molecular flexibility index (Phi) is 4.10. The lowest BCUT2D eigenvalue weighted by atomic mass is 10.2. The van der Waals surface area contributed by atoms with Gasteiger partial charge in [0, 0.05) is 16.3 Å². The maximum Gasteiger partial charge on any atom is 0.0317 e. The molecule has 1 nitrogen and oxygen atoms in total. The van der Waals surface area contributed by atoms with E-state index in [9.17, 15) is 0 Å². The first-order valence-corrected chi connectivity index (χ1v) is 6.77. The Hall–Kier alpha value is -1.41. The second kappa shape index (κ2) is 5.78. The van der Waals surface area contributed by atoms with Gasteiger partial charge in [-0.3, -0.25) is 0 Å². The molecule has 0 heterocycles. The monoisotopic (exact) mass is 243 g/mol. The molecule has 0 aliphatic rings. The van der Waals surface area contributed by atoms with Crippen LogP contribution in [0.5, 0.6) is 0 Å². The third-order valence-electron chi connectivity index (χ3n) is 2.69. The molecule has 2 aromatic rings.